The summed E-state index contributed by atoms with van der Waals surface area (Å²) in [6, 6.07) is 0. The monoisotopic (exact) mass is 111 g/mol. The van der Waals surface area contributed by atoms with Crippen molar-refractivity contribution < 1.29 is 4.74 Å². The third-order valence-corrected chi connectivity index (χ3v) is 2.24. The minimum Gasteiger partial charge on any atom is -0.377 e. The quantitative estimate of drug-likeness (QED) is 0.459. The van der Waals surface area contributed by atoms with Gasteiger partial charge in [-0.05, 0) is 18.8 Å². The smallest absolute Gasteiger partial charge is 0.0638 e. The van der Waals surface area contributed by atoms with Crippen LogP contribution in [-0.2, 0) is 4.74 Å². The van der Waals surface area contributed by atoms with Gasteiger partial charge in [-0.25, -0.2) is 0 Å². The van der Waals surface area contributed by atoms with Gasteiger partial charge in [0.15, 0.2) is 0 Å². The molecule has 1 aliphatic heterocycles. The second-order valence-electron chi connectivity index (χ2n) is 2.97. The minimum absolute atomic E-state index is 0.556. The van der Waals surface area contributed by atoms with E-state index < -0.39 is 0 Å². The largest absolute Gasteiger partial charge is 0.377 e. The van der Waals surface area contributed by atoms with Crippen molar-refractivity contribution >= 4 is 0 Å². The van der Waals surface area contributed by atoms with Crippen molar-refractivity contribution in [2.75, 3.05) is 6.61 Å². The second kappa shape index (κ2) is 1.47. The lowest BCUT2D eigenvalue weighted by Crippen LogP contribution is -2.14. The molecular weight excluding hydrogens is 100 g/mol. The van der Waals surface area contributed by atoms with E-state index in [0.717, 1.165) is 12.5 Å². The van der Waals surface area contributed by atoms with Crippen molar-refractivity contribution in [3.8, 4) is 0 Å². The molecule has 0 aromatic rings. The molecule has 2 unspecified atom stereocenters. The van der Waals surface area contributed by atoms with Gasteiger partial charge < -0.3 is 4.74 Å². The van der Waals surface area contributed by atoms with Crippen LogP contribution in [0.15, 0.2) is 0 Å². The van der Waals surface area contributed by atoms with Crippen LogP contribution in [0.3, 0.4) is 0 Å². The molecule has 2 bridgehead atoms. The van der Waals surface area contributed by atoms with Crippen LogP contribution >= 0.6 is 0 Å². The molecule has 0 amide bonds. The molecular formula is C7H11O. The van der Waals surface area contributed by atoms with E-state index in [9.17, 15) is 0 Å². The summed E-state index contributed by atoms with van der Waals surface area (Å²) in [4.78, 5) is 0. The fourth-order valence-electron chi connectivity index (χ4n) is 1.76. The van der Waals surface area contributed by atoms with Gasteiger partial charge in [-0.15, -0.1) is 0 Å². The Hall–Kier alpha value is -0.0400. The van der Waals surface area contributed by atoms with Gasteiger partial charge >= 0.3 is 0 Å². The molecule has 2 rings (SSSR count). The summed E-state index contributed by atoms with van der Waals surface area (Å²) >= 11 is 0. The topological polar surface area (TPSA) is 9.23 Å². The second-order valence-corrected chi connectivity index (χ2v) is 2.97. The lowest BCUT2D eigenvalue weighted by atomic mass is 10.1. The molecule has 0 spiro atoms. The number of hydrogen-bond donors (Lipinski definition) is 0. The maximum atomic E-state index is 5.43. The van der Waals surface area contributed by atoms with Crippen LogP contribution < -0.4 is 0 Å². The SMILES string of the molecule is C[C]1CC2COC1C2. The number of hydrogen-bond acceptors (Lipinski definition) is 1. The van der Waals surface area contributed by atoms with Crippen LogP contribution in [0.25, 0.3) is 0 Å². The van der Waals surface area contributed by atoms with Gasteiger partial charge in [-0.3, -0.25) is 0 Å². The molecule has 1 heterocycles. The van der Waals surface area contributed by atoms with Crippen LogP contribution in [0.2, 0.25) is 0 Å². The van der Waals surface area contributed by atoms with Gasteiger partial charge in [0.2, 0.25) is 0 Å². The molecule has 8 heavy (non-hydrogen) atoms. The highest BCUT2D eigenvalue weighted by Crippen LogP contribution is 2.40. The van der Waals surface area contributed by atoms with E-state index in [2.05, 4.69) is 6.92 Å². The Kier molecular flexibility index (Phi) is 0.884. The van der Waals surface area contributed by atoms with Crippen molar-refractivity contribution in [1.82, 2.24) is 0 Å². The molecule has 1 radical (unpaired) electrons. The van der Waals surface area contributed by atoms with E-state index >= 15 is 0 Å². The Labute approximate surface area is 50.0 Å². The van der Waals surface area contributed by atoms with Crippen molar-refractivity contribution in [2.24, 2.45) is 5.92 Å². The van der Waals surface area contributed by atoms with Gasteiger partial charge in [0.05, 0.1) is 6.10 Å². The molecule has 0 N–H and O–H groups in total. The average Bonchev–Trinajstić information content (AvgIpc) is 2.23. The number of ether oxygens (including phenoxy) is 1. The molecule has 1 heteroatoms. The van der Waals surface area contributed by atoms with Gasteiger partial charge in [0.1, 0.15) is 0 Å². The summed E-state index contributed by atoms with van der Waals surface area (Å²) in [6.45, 7) is 3.24. The van der Waals surface area contributed by atoms with Crippen LogP contribution in [-0.4, -0.2) is 12.7 Å². The lowest BCUT2D eigenvalue weighted by molar-refractivity contribution is 0.0938. The summed E-state index contributed by atoms with van der Waals surface area (Å²) in [5, 5.41) is 0. The van der Waals surface area contributed by atoms with E-state index in [1.165, 1.54) is 12.8 Å². The fourth-order valence-corrected chi connectivity index (χ4v) is 1.76. The van der Waals surface area contributed by atoms with Gasteiger partial charge in [0, 0.05) is 12.5 Å². The zero-order chi connectivity index (χ0) is 5.56. The molecule has 1 saturated carbocycles. The fraction of sp³-hybridized carbons (Fsp3) is 0.857. The van der Waals surface area contributed by atoms with Crippen molar-refractivity contribution in [3.05, 3.63) is 5.92 Å². The van der Waals surface area contributed by atoms with Crippen LogP contribution in [0, 0.1) is 11.8 Å². The Morgan fingerprint density at radius 1 is 1.62 bits per heavy atom. The van der Waals surface area contributed by atoms with Crippen LogP contribution in [0.4, 0.5) is 0 Å². The Morgan fingerprint density at radius 3 is 2.75 bits per heavy atom. The minimum atomic E-state index is 0.556. The highest BCUT2D eigenvalue weighted by atomic mass is 16.5. The third-order valence-electron chi connectivity index (χ3n) is 2.24. The first-order valence-electron chi connectivity index (χ1n) is 3.30. The zero-order valence-corrected chi connectivity index (χ0v) is 5.18. The number of rotatable bonds is 0. The highest BCUT2D eigenvalue weighted by molar-refractivity contribution is 5.06. The maximum Gasteiger partial charge on any atom is 0.0638 e. The lowest BCUT2D eigenvalue weighted by Gasteiger charge is -2.16. The Balaban J connectivity index is 2.11. The van der Waals surface area contributed by atoms with E-state index in [-0.39, 0.29) is 0 Å². The standard InChI is InChI=1S/C7H11O/c1-5-2-6-3-7(5)8-4-6/h6-7H,2-4H2,1H3. The Morgan fingerprint density at radius 2 is 2.50 bits per heavy atom. The molecule has 2 fully saturated rings. The highest BCUT2D eigenvalue weighted by Gasteiger charge is 2.38. The van der Waals surface area contributed by atoms with Gasteiger partial charge in [0.25, 0.3) is 0 Å². The van der Waals surface area contributed by atoms with Gasteiger partial charge in [-0.2, -0.15) is 0 Å². The first-order valence-corrected chi connectivity index (χ1v) is 3.30. The van der Waals surface area contributed by atoms with Crippen LogP contribution in [0.1, 0.15) is 19.8 Å². The van der Waals surface area contributed by atoms with Crippen LogP contribution in [0.5, 0.6) is 0 Å². The number of fused-ring (bicyclic) bond motifs is 2. The summed E-state index contributed by atoms with van der Waals surface area (Å²) in [5.41, 5.74) is 0. The maximum absolute atomic E-state index is 5.43. The summed E-state index contributed by atoms with van der Waals surface area (Å²) in [7, 11) is 0. The summed E-state index contributed by atoms with van der Waals surface area (Å²) < 4.78 is 5.43. The first kappa shape index (κ1) is 4.80. The van der Waals surface area contributed by atoms with Crippen molar-refractivity contribution in [1.29, 1.82) is 0 Å². The first-order chi connectivity index (χ1) is 3.86. The van der Waals surface area contributed by atoms with E-state index in [4.69, 9.17) is 4.74 Å². The molecule has 45 valence electrons. The molecule has 1 nitrogen and oxygen atoms in total. The molecule has 0 aromatic heterocycles. The average molecular weight is 111 g/mol. The van der Waals surface area contributed by atoms with E-state index in [1.54, 1.807) is 5.92 Å². The normalized spacial score (nSPS) is 46.1. The third kappa shape index (κ3) is 0.510. The van der Waals surface area contributed by atoms with E-state index in [1.807, 2.05) is 0 Å². The molecule has 2 atom stereocenters. The summed E-state index contributed by atoms with van der Waals surface area (Å²) in [6.07, 6.45) is 3.20. The molecule has 2 aliphatic rings. The Bertz CT molecular complexity index is 98.6. The van der Waals surface area contributed by atoms with Crippen molar-refractivity contribution in [3.63, 3.8) is 0 Å². The predicted octanol–water partition coefficient (Wildman–Crippen LogP) is 1.39. The predicted molar refractivity (Wildman–Crippen MR) is 31.4 cm³/mol. The molecule has 1 saturated heterocycles. The summed E-state index contributed by atoms with van der Waals surface area (Å²) in [5.74, 6) is 2.46. The molecule has 0 aromatic carbocycles. The molecule has 1 aliphatic carbocycles. The zero-order valence-electron chi connectivity index (χ0n) is 5.18. The van der Waals surface area contributed by atoms with Gasteiger partial charge in [-0.1, -0.05) is 6.92 Å². The van der Waals surface area contributed by atoms with Crippen molar-refractivity contribution in [2.45, 2.75) is 25.9 Å². The van der Waals surface area contributed by atoms with E-state index in [0.29, 0.717) is 6.10 Å².